The first-order chi connectivity index (χ1) is 6.56. The highest BCUT2D eigenvalue weighted by Crippen LogP contribution is 2.23. The van der Waals surface area contributed by atoms with Crippen molar-refractivity contribution < 1.29 is 19.4 Å². The number of halogens is 1. The van der Waals surface area contributed by atoms with Crippen molar-refractivity contribution in [2.45, 2.75) is 5.92 Å². The van der Waals surface area contributed by atoms with Gasteiger partial charge in [0, 0.05) is 12.1 Å². The van der Waals surface area contributed by atoms with Crippen molar-refractivity contribution in [2.24, 2.45) is 5.73 Å². The number of nitrogens with two attached hydrogens (primary N) is 1. The second-order valence-corrected chi connectivity index (χ2v) is 2.83. The molecule has 1 rings (SSSR count). The third kappa shape index (κ3) is 2.00. The van der Waals surface area contributed by atoms with Crippen molar-refractivity contribution >= 4 is 5.97 Å². The van der Waals surface area contributed by atoms with E-state index in [2.05, 4.69) is 0 Å². The number of phenols is 1. The zero-order chi connectivity index (χ0) is 10.7. The average Bonchev–Trinajstić information content (AvgIpc) is 2.11. The summed E-state index contributed by atoms with van der Waals surface area (Å²) in [7, 11) is 0. The molecule has 0 saturated heterocycles. The Morgan fingerprint density at radius 3 is 2.71 bits per heavy atom. The van der Waals surface area contributed by atoms with Crippen LogP contribution in [-0.2, 0) is 4.79 Å². The molecule has 1 aromatic carbocycles. The van der Waals surface area contributed by atoms with E-state index in [0.717, 1.165) is 18.2 Å². The lowest BCUT2D eigenvalue weighted by Gasteiger charge is -2.10. The van der Waals surface area contributed by atoms with E-state index in [4.69, 9.17) is 15.9 Å². The normalized spacial score (nSPS) is 12.4. The molecule has 1 aromatic rings. The number of carboxylic acid groups (broad SMARTS) is 1. The maximum atomic E-state index is 13.1. The van der Waals surface area contributed by atoms with Crippen LogP contribution < -0.4 is 5.73 Å². The summed E-state index contributed by atoms with van der Waals surface area (Å²) >= 11 is 0. The van der Waals surface area contributed by atoms with Crippen molar-refractivity contribution in [3.8, 4) is 5.75 Å². The SMILES string of the molecule is NCC(C(=O)O)c1cc(O)ccc1F. The van der Waals surface area contributed by atoms with Crippen LogP contribution in [0.1, 0.15) is 11.5 Å². The zero-order valence-corrected chi connectivity index (χ0v) is 7.27. The Balaban J connectivity index is 3.15. The fraction of sp³-hybridized carbons (Fsp3) is 0.222. The number of phenolic OH excluding ortho intramolecular Hbond substituents is 1. The largest absolute Gasteiger partial charge is 0.508 e. The Morgan fingerprint density at radius 1 is 1.57 bits per heavy atom. The van der Waals surface area contributed by atoms with Gasteiger partial charge in [0.15, 0.2) is 0 Å². The van der Waals surface area contributed by atoms with Crippen LogP contribution in [0.15, 0.2) is 18.2 Å². The first-order valence-corrected chi connectivity index (χ1v) is 3.97. The van der Waals surface area contributed by atoms with Crippen molar-refractivity contribution in [2.75, 3.05) is 6.54 Å². The summed E-state index contributed by atoms with van der Waals surface area (Å²) in [5.41, 5.74) is 5.10. The molecule has 4 N–H and O–H groups in total. The van der Waals surface area contributed by atoms with E-state index in [0.29, 0.717) is 0 Å². The topological polar surface area (TPSA) is 83.6 Å². The lowest BCUT2D eigenvalue weighted by Crippen LogP contribution is -2.22. The lowest BCUT2D eigenvalue weighted by atomic mass is 9.99. The molecule has 1 atom stereocenters. The van der Waals surface area contributed by atoms with Crippen molar-refractivity contribution in [1.29, 1.82) is 0 Å². The van der Waals surface area contributed by atoms with E-state index in [1.165, 1.54) is 0 Å². The summed E-state index contributed by atoms with van der Waals surface area (Å²) in [5, 5.41) is 17.8. The molecule has 0 aromatic heterocycles. The summed E-state index contributed by atoms with van der Waals surface area (Å²) in [6.07, 6.45) is 0. The fourth-order valence-corrected chi connectivity index (χ4v) is 1.16. The number of hydrogen-bond donors (Lipinski definition) is 3. The average molecular weight is 199 g/mol. The van der Waals surface area contributed by atoms with E-state index in [1.807, 2.05) is 0 Å². The molecular formula is C9H10FNO3. The van der Waals surface area contributed by atoms with Gasteiger partial charge in [0.05, 0.1) is 5.92 Å². The summed E-state index contributed by atoms with van der Waals surface area (Å²) in [6.45, 7) is -0.213. The van der Waals surface area contributed by atoms with Crippen LogP contribution in [-0.4, -0.2) is 22.7 Å². The number of aromatic hydroxyl groups is 1. The number of carbonyl (C=O) groups is 1. The van der Waals surface area contributed by atoms with Gasteiger partial charge in [-0.1, -0.05) is 0 Å². The minimum atomic E-state index is -1.21. The molecule has 0 aliphatic heterocycles. The maximum absolute atomic E-state index is 13.1. The van der Waals surface area contributed by atoms with Crippen LogP contribution in [0.4, 0.5) is 4.39 Å². The third-order valence-electron chi connectivity index (χ3n) is 1.89. The third-order valence-corrected chi connectivity index (χ3v) is 1.89. The predicted molar refractivity (Wildman–Crippen MR) is 47.5 cm³/mol. The maximum Gasteiger partial charge on any atom is 0.312 e. The Hall–Kier alpha value is -1.62. The van der Waals surface area contributed by atoms with Crippen LogP contribution >= 0.6 is 0 Å². The molecule has 5 heteroatoms. The zero-order valence-electron chi connectivity index (χ0n) is 7.27. The molecule has 0 heterocycles. The molecular weight excluding hydrogens is 189 g/mol. The van der Waals surface area contributed by atoms with Gasteiger partial charge in [-0.15, -0.1) is 0 Å². The van der Waals surface area contributed by atoms with Crippen LogP contribution in [0.3, 0.4) is 0 Å². The van der Waals surface area contributed by atoms with Gasteiger partial charge >= 0.3 is 5.97 Å². The van der Waals surface area contributed by atoms with E-state index < -0.39 is 17.7 Å². The van der Waals surface area contributed by atoms with Crippen LogP contribution in [0, 0.1) is 5.82 Å². The van der Waals surface area contributed by atoms with E-state index >= 15 is 0 Å². The Labute approximate surface area is 79.8 Å². The van der Waals surface area contributed by atoms with Crippen LogP contribution in [0.5, 0.6) is 5.75 Å². The molecule has 1 unspecified atom stereocenters. The Kier molecular flexibility index (Phi) is 3.03. The van der Waals surface area contributed by atoms with Crippen molar-refractivity contribution in [3.05, 3.63) is 29.6 Å². The van der Waals surface area contributed by atoms with Crippen LogP contribution in [0.25, 0.3) is 0 Å². The second kappa shape index (κ2) is 4.06. The second-order valence-electron chi connectivity index (χ2n) is 2.83. The highest BCUT2D eigenvalue weighted by molar-refractivity contribution is 5.76. The lowest BCUT2D eigenvalue weighted by molar-refractivity contribution is -0.138. The smallest absolute Gasteiger partial charge is 0.312 e. The first-order valence-electron chi connectivity index (χ1n) is 3.97. The standard InChI is InChI=1S/C9H10FNO3/c10-8-2-1-5(12)3-6(8)7(4-11)9(13)14/h1-3,7,12H,4,11H2,(H,13,14). The number of rotatable bonds is 3. The van der Waals surface area contributed by atoms with Crippen molar-refractivity contribution in [1.82, 2.24) is 0 Å². The number of benzene rings is 1. The molecule has 0 aliphatic rings. The van der Waals surface area contributed by atoms with Gasteiger partial charge in [0.2, 0.25) is 0 Å². The van der Waals surface area contributed by atoms with Gasteiger partial charge in [-0.3, -0.25) is 4.79 Å². The van der Waals surface area contributed by atoms with Gasteiger partial charge in [-0.2, -0.15) is 0 Å². The van der Waals surface area contributed by atoms with Gasteiger partial charge in [0.25, 0.3) is 0 Å². The van der Waals surface area contributed by atoms with E-state index in [1.54, 1.807) is 0 Å². The molecule has 14 heavy (non-hydrogen) atoms. The van der Waals surface area contributed by atoms with Gasteiger partial charge in [0.1, 0.15) is 11.6 Å². The van der Waals surface area contributed by atoms with Crippen LogP contribution in [0.2, 0.25) is 0 Å². The molecule has 0 saturated carbocycles. The highest BCUT2D eigenvalue weighted by atomic mass is 19.1. The molecule has 76 valence electrons. The van der Waals surface area contributed by atoms with Gasteiger partial charge in [-0.05, 0) is 18.2 Å². The summed E-state index contributed by atoms with van der Waals surface area (Å²) in [5.74, 6) is -3.19. The molecule has 4 nitrogen and oxygen atoms in total. The Morgan fingerprint density at radius 2 is 2.21 bits per heavy atom. The minimum absolute atomic E-state index is 0.0972. The Bertz CT molecular complexity index is 354. The quantitative estimate of drug-likeness (QED) is 0.667. The first kappa shape index (κ1) is 10.5. The molecule has 0 aliphatic carbocycles. The number of carboxylic acids is 1. The molecule has 0 fully saturated rings. The summed E-state index contributed by atoms with van der Waals surface area (Å²) in [6, 6.07) is 3.23. The molecule has 0 spiro atoms. The summed E-state index contributed by atoms with van der Waals surface area (Å²) in [4.78, 5) is 10.7. The monoisotopic (exact) mass is 199 g/mol. The molecule has 0 radical (unpaired) electrons. The van der Waals surface area contributed by atoms with E-state index in [-0.39, 0.29) is 17.9 Å². The summed E-state index contributed by atoms with van der Waals surface area (Å²) < 4.78 is 13.1. The van der Waals surface area contributed by atoms with Gasteiger partial charge < -0.3 is 15.9 Å². The molecule has 0 bridgehead atoms. The number of hydrogen-bond acceptors (Lipinski definition) is 3. The van der Waals surface area contributed by atoms with E-state index in [9.17, 15) is 9.18 Å². The predicted octanol–water partition coefficient (Wildman–Crippen LogP) is 0.658. The minimum Gasteiger partial charge on any atom is -0.508 e. The van der Waals surface area contributed by atoms with Crippen molar-refractivity contribution in [3.63, 3.8) is 0 Å². The fourth-order valence-electron chi connectivity index (χ4n) is 1.16. The molecule has 0 amide bonds. The number of aliphatic carboxylic acids is 1. The van der Waals surface area contributed by atoms with Gasteiger partial charge in [-0.25, -0.2) is 4.39 Å². The highest BCUT2D eigenvalue weighted by Gasteiger charge is 2.21.